The van der Waals surface area contributed by atoms with Gasteiger partial charge in [0.25, 0.3) is 5.91 Å². The second-order valence-electron chi connectivity index (χ2n) is 5.79. The minimum absolute atomic E-state index is 0.00690. The number of fused-ring (bicyclic) bond motifs is 1. The number of hydrogen-bond donors (Lipinski definition) is 1. The van der Waals surface area contributed by atoms with Crippen LogP contribution in [0.5, 0.6) is 0 Å². The summed E-state index contributed by atoms with van der Waals surface area (Å²) in [7, 11) is 0. The Labute approximate surface area is 134 Å². The largest absolute Gasteiger partial charge is 0.396 e. The van der Waals surface area contributed by atoms with E-state index in [9.17, 15) is 4.79 Å². The summed E-state index contributed by atoms with van der Waals surface area (Å²) < 4.78 is 0. The summed E-state index contributed by atoms with van der Waals surface area (Å²) in [5.74, 6) is -0.00690. The van der Waals surface area contributed by atoms with Crippen LogP contribution in [-0.4, -0.2) is 47.9 Å². The fraction of sp³-hybridized carbons (Fsp3) is 0.533. The Hall–Kier alpha value is -0.970. The average Bonchev–Trinajstić information content (AvgIpc) is 2.80. The number of nitrogen functional groups attached to an aromatic ring is 1. The lowest BCUT2D eigenvalue weighted by molar-refractivity contribution is 0.0743. The Morgan fingerprint density at radius 3 is 2.52 bits per heavy atom. The Kier molecular flexibility index (Phi) is 4.29. The van der Waals surface area contributed by atoms with Gasteiger partial charge in [0.15, 0.2) is 0 Å². The van der Waals surface area contributed by atoms with Crippen LogP contribution in [0.25, 0.3) is 0 Å². The lowest BCUT2D eigenvalue weighted by atomic mass is 10.1. The molecule has 2 fully saturated rings. The number of nitrogens with zero attached hydrogens (tertiary/aromatic N) is 2. The number of rotatable bonds is 1. The fourth-order valence-corrected chi connectivity index (χ4v) is 3.77. The molecule has 0 radical (unpaired) electrons. The van der Waals surface area contributed by atoms with Gasteiger partial charge in [-0.1, -0.05) is 23.2 Å². The first-order valence-corrected chi connectivity index (χ1v) is 8.09. The van der Waals surface area contributed by atoms with Crippen molar-refractivity contribution in [3.05, 3.63) is 27.7 Å². The van der Waals surface area contributed by atoms with Crippen LogP contribution in [0.3, 0.4) is 0 Å². The molecular weight excluding hydrogens is 309 g/mol. The number of amides is 1. The molecule has 2 N–H and O–H groups in total. The van der Waals surface area contributed by atoms with Gasteiger partial charge in [0.05, 0.1) is 15.7 Å². The van der Waals surface area contributed by atoms with Crippen LogP contribution in [0.1, 0.15) is 29.6 Å². The molecule has 1 atom stereocenters. The summed E-state index contributed by atoms with van der Waals surface area (Å²) in [4.78, 5) is 17.1. The topological polar surface area (TPSA) is 49.6 Å². The van der Waals surface area contributed by atoms with E-state index >= 15 is 0 Å². The minimum Gasteiger partial charge on any atom is -0.396 e. The smallest absolute Gasteiger partial charge is 0.254 e. The number of anilines is 1. The van der Waals surface area contributed by atoms with Crippen LogP contribution < -0.4 is 5.73 Å². The van der Waals surface area contributed by atoms with Gasteiger partial charge in [-0.25, -0.2) is 0 Å². The van der Waals surface area contributed by atoms with E-state index < -0.39 is 0 Å². The van der Waals surface area contributed by atoms with Crippen LogP contribution >= 0.6 is 23.2 Å². The van der Waals surface area contributed by atoms with Crippen LogP contribution in [0.2, 0.25) is 10.0 Å². The molecule has 0 bridgehead atoms. The maximum atomic E-state index is 12.7. The van der Waals surface area contributed by atoms with Gasteiger partial charge >= 0.3 is 0 Å². The molecule has 2 aliphatic rings. The Balaban J connectivity index is 1.81. The third-order valence-corrected chi connectivity index (χ3v) is 5.04. The van der Waals surface area contributed by atoms with E-state index in [2.05, 4.69) is 4.90 Å². The summed E-state index contributed by atoms with van der Waals surface area (Å²) in [6.45, 7) is 3.81. The minimum atomic E-state index is -0.00690. The molecule has 2 saturated heterocycles. The molecule has 0 saturated carbocycles. The Morgan fingerprint density at radius 1 is 1.14 bits per heavy atom. The van der Waals surface area contributed by atoms with Gasteiger partial charge < -0.3 is 10.6 Å². The van der Waals surface area contributed by atoms with E-state index in [1.54, 1.807) is 12.1 Å². The molecule has 6 heteroatoms. The Bertz CT molecular complexity index is 541. The lowest BCUT2D eigenvalue weighted by Gasteiger charge is -2.26. The highest BCUT2D eigenvalue weighted by Crippen LogP contribution is 2.30. The summed E-state index contributed by atoms with van der Waals surface area (Å²) in [5.41, 5.74) is 6.57. The van der Waals surface area contributed by atoms with E-state index in [0.29, 0.717) is 27.3 Å². The van der Waals surface area contributed by atoms with Crippen molar-refractivity contribution in [2.45, 2.75) is 25.3 Å². The molecule has 3 rings (SSSR count). The summed E-state index contributed by atoms with van der Waals surface area (Å²) >= 11 is 12.1. The van der Waals surface area contributed by atoms with Gasteiger partial charge in [0.1, 0.15) is 0 Å². The maximum Gasteiger partial charge on any atom is 0.254 e. The summed E-state index contributed by atoms with van der Waals surface area (Å²) in [6, 6.07) is 3.72. The number of carbonyl (C=O) groups excluding carboxylic acids is 1. The highest BCUT2D eigenvalue weighted by atomic mass is 35.5. The van der Waals surface area contributed by atoms with E-state index in [1.807, 2.05) is 4.90 Å². The van der Waals surface area contributed by atoms with E-state index in [1.165, 1.54) is 12.8 Å². The van der Waals surface area contributed by atoms with Crippen molar-refractivity contribution >= 4 is 34.8 Å². The van der Waals surface area contributed by atoms with Crippen molar-refractivity contribution in [2.75, 3.05) is 31.9 Å². The molecule has 1 aromatic rings. The zero-order valence-corrected chi connectivity index (χ0v) is 13.3. The Morgan fingerprint density at radius 2 is 1.81 bits per heavy atom. The third-order valence-electron chi connectivity index (χ3n) is 4.42. The lowest BCUT2D eigenvalue weighted by Crippen LogP contribution is -2.39. The SMILES string of the molecule is Nc1c(Cl)cc(C(=O)N2CCCN3CCCC3C2)cc1Cl. The molecule has 21 heavy (non-hydrogen) atoms. The number of carbonyl (C=O) groups is 1. The fourth-order valence-electron chi connectivity index (χ4n) is 3.28. The molecule has 1 amide bonds. The van der Waals surface area contributed by atoms with Crippen molar-refractivity contribution in [3.63, 3.8) is 0 Å². The third kappa shape index (κ3) is 2.98. The van der Waals surface area contributed by atoms with Gasteiger partial charge in [0.2, 0.25) is 0 Å². The quantitative estimate of drug-likeness (QED) is 0.807. The standard InChI is InChI=1S/C15H19Cl2N3O/c16-12-7-10(8-13(17)14(12)18)15(21)20-6-2-5-19-4-1-3-11(19)9-20/h7-8,11H,1-6,9,18H2. The highest BCUT2D eigenvalue weighted by molar-refractivity contribution is 6.39. The predicted octanol–water partition coefficient (Wildman–Crippen LogP) is 2.89. The summed E-state index contributed by atoms with van der Waals surface area (Å²) in [6.07, 6.45) is 3.41. The molecule has 1 aromatic carbocycles. The molecule has 0 aromatic heterocycles. The number of halogens is 2. The normalized spacial score (nSPS) is 23.0. The zero-order valence-electron chi connectivity index (χ0n) is 11.8. The van der Waals surface area contributed by atoms with Crippen molar-refractivity contribution in [1.29, 1.82) is 0 Å². The van der Waals surface area contributed by atoms with Crippen LogP contribution in [-0.2, 0) is 0 Å². The molecular formula is C15H19Cl2N3O. The zero-order chi connectivity index (χ0) is 15.0. The molecule has 114 valence electrons. The molecule has 0 spiro atoms. The molecule has 4 nitrogen and oxygen atoms in total. The van der Waals surface area contributed by atoms with E-state index in [4.69, 9.17) is 28.9 Å². The molecule has 2 aliphatic heterocycles. The van der Waals surface area contributed by atoms with Crippen molar-refractivity contribution in [3.8, 4) is 0 Å². The maximum absolute atomic E-state index is 12.7. The first-order chi connectivity index (χ1) is 10.1. The van der Waals surface area contributed by atoms with Crippen molar-refractivity contribution in [1.82, 2.24) is 9.80 Å². The van der Waals surface area contributed by atoms with E-state index in [0.717, 1.165) is 32.6 Å². The van der Waals surface area contributed by atoms with Crippen LogP contribution in [0.4, 0.5) is 5.69 Å². The summed E-state index contributed by atoms with van der Waals surface area (Å²) in [5, 5.41) is 0.673. The van der Waals surface area contributed by atoms with E-state index in [-0.39, 0.29) is 5.91 Å². The first kappa shape index (κ1) is 14.9. The molecule has 2 heterocycles. The molecule has 1 unspecified atom stereocenters. The van der Waals surface area contributed by atoms with Gasteiger partial charge in [0, 0.05) is 31.2 Å². The average molecular weight is 328 g/mol. The second kappa shape index (κ2) is 6.03. The van der Waals surface area contributed by atoms with Gasteiger partial charge in [-0.05, 0) is 37.9 Å². The van der Waals surface area contributed by atoms with Crippen molar-refractivity contribution in [2.24, 2.45) is 0 Å². The van der Waals surface area contributed by atoms with Crippen LogP contribution in [0, 0.1) is 0 Å². The van der Waals surface area contributed by atoms with Gasteiger partial charge in [-0.3, -0.25) is 9.69 Å². The molecule has 0 aliphatic carbocycles. The number of benzene rings is 1. The number of hydrogen-bond acceptors (Lipinski definition) is 3. The highest BCUT2D eigenvalue weighted by Gasteiger charge is 2.31. The second-order valence-corrected chi connectivity index (χ2v) is 6.60. The van der Waals surface area contributed by atoms with Gasteiger partial charge in [-0.2, -0.15) is 0 Å². The number of nitrogens with two attached hydrogens (primary N) is 1. The van der Waals surface area contributed by atoms with Crippen LogP contribution in [0.15, 0.2) is 12.1 Å². The first-order valence-electron chi connectivity index (χ1n) is 7.34. The van der Waals surface area contributed by atoms with Gasteiger partial charge in [-0.15, -0.1) is 0 Å². The predicted molar refractivity (Wildman–Crippen MR) is 86.0 cm³/mol. The van der Waals surface area contributed by atoms with Crippen molar-refractivity contribution < 1.29 is 4.79 Å². The monoisotopic (exact) mass is 327 g/mol.